The van der Waals surface area contributed by atoms with Crippen LogP contribution in [0.3, 0.4) is 0 Å². The highest BCUT2D eigenvalue weighted by molar-refractivity contribution is 5.86. The van der Waals surface area contributed by atoms with E-state index in [0.717, 1.165) is 25.7 Å². The fraction of sp³-hybridized carbons (Fsp3) is 0.588. The predicted molar refractivity (Wildman–Crippen MR) is 80.2 cm³/mol. The molecule has 0 radical (unpaired) electrons. The second-order valence-corrected chi connectivity index (χ2v) is 5.98. The van der Waals surface area contributed by atoms with Crippen molar-refractivity contribution in [1.29, 1.82) is 0 Å². The van der Waals surface area contributed by atoms with Crippen LogP contribution in [0.5, 0.6) is 5.75 Å². The third-order valence-electron chi connectivity index (χ3n) is 4.56. The van der Waals surface area contributed by atoms with Gasteiger partial charge in [0.2, 0.25) is 0 Å². The van der Waals surface area contributed by atoms with Gasteiger partial charge in [-0.3, -0.25) is 4.79 Å². The van der Waals surface area contributed by atoms with Crippen molar-refractivity contribution in [3.8, 4) is 5.75 Å². The standard InChI is InChI=1S/C17H22FNO3/c1-2-22-17(8-3-4-9-17)16(20)19-14-7-10-21-15-6-5-12(18)11-13(14)15/h5-6,11,14H,2-4,7-10H2,1H3,(H,19,20). The van der Waals surface area contributed by atoms with E-state index >= 15 is 0 Å². The van der Waals surface area contributed by atoms with E-state index in [4.69, 9.17) is 9.47 Å². The lowest BCUT2D eigenvalue weighted by Crippen LogP contribution is -2.48. The fourth-order valence-electron chi connectivity index (χ4n) is 3.46. The topological polar surface area (TPSA) is 47.6 Å². The first-order valence-corrected chi connectivity index (χ1v) is 8.02. The third-order valence-corrected chi connectivity index (χ3v) is 4.56. The van der Waals surface area contributed by atoms with Crippen LogP contribution in [0.2, 0.25) is 0 Å². The normalized spacial score (nSPS) is 22.7. The zero-order chi connectivity index (χ0) is 15.6. The van der Waals surface area contributed by atoms with Crippen molar-refractivity contribution in [1.82, 2.24) is 5.32 Å². The van der Waals surface area contributed by atoms with E-state index in [9.17, 15) is 9.18 Å². The van der Waals surface area contributed by atoms with E-state index in [-0.39, 0.29) is 17.8 Å². The average molecular weight is 307 g/mol. The Morgan fingerprint density at radius 3 is 2.95 bits per heavy atom. The average Bonchev–Trinajstić information content (AvgIpc) is 2.98. The minimum Gasteiger partial charge on any atom is -0.493 e. The van der Waals surface area contributed by atoms with E-state index in [2.05, 4.69) is 5.32 Å². The van der Waals surface area contributed by atoms with Gasteiger partial charge >= 0.3 is 0 Å². The van der Waals surface area contributed by atoms with Crippen molar-refractivity contribution < 1.29 is 18.7 Å². The molecule has 120 valence electrons. The molecule has 1 N–H and O–H groups in total. The molecule has 0 saturated heterocycles. The SMILES string of the molecule is CCOC1(C(=O)NC2CCOc3ccc(F)cc32)CCCC1. The molecule has 1 aliphatic carbocycles. The summed E-state index contributed by atoms with van der Waals surface area (Å²) in [6.45, 7) is 2.95. The Bertz CT molecular complexity index is 555. The monoisotopic (exact) mass is 307 g/mol. The number of rotatable bonds is 4. The van der Waals surface area contributed by atoms with Crippen LogP contribution in [-0.2, 0) is 9.53 Å². The van der Waals surface area contributed by atoms with Gasteiger partial charge in [-0.05, 0) is 50.8 Å². The first-order valence-electron chi connectivity index (χ1n) is 8.02. The number of carbonyl (C=O) groups is 1. The second kappa shape index (κ2) is 6.24. The lowest BCUT2D eigenvalue weighted by atomic mass is 9.96. The van der Waals surface area contributed by atoms with Gasteiger partial charge in [0, 0.05) is 18.6 Å². The zero-order valence-electron chi connectivity index (χ0n) is 12.9. The molecular formula is C17H22FNO3. The second-order valence-electron chi connectivity index (χ2n) is 5.98. The van der Waals surface area contributed by atoms with Gasteiger partial charge in [0.1, 0.15) is 17.2 Å². The first-order chi connectivity index (χ1) is 10.6. The van der Waals surface area contributed by atoms with Crippen molar-refractivity contribution in [2.45, 2.75) is 50.7 Å². The van der Waals surface area contributed by atoms with Gasteiger partial charge < -0.3 is 14.8 Å². The largest absolute Gasteiger partial charge is 0.493 e. The van der Waals surface area contributed by atoms with Gasteiger partial charge in [0.25, 0.3) is 5.91 Å². The summed E-state index contributed by atoms with van der Waals surface area (Å²) in [7, 11) is 0. The highest BCUT2D eigenvalue weighted by Gasteiger charge is 2.43. The first kappa shape index (κ1) is 15.3. The van der Waals surface area contributed by atoms with Gasteiger partial charge in [0.05, 0.1) is 12.6 Å². The number of carbonyl (C=O) groups excluding carboxylic acids is 1. The predicted octanol–water partition coefficient (Wildman–Crippen LogP) is 3.11. The number of hydrogen-bond donors (Lipinski definition) is 1. The molecule has 1 amide bonds. The summed E-state index contributed by atoms with van der Waals surface area (Å²) in [5.41, 5.74) is 0.00447. The van der Waals surface area contributed by atoms with Crippen LogP contribution in [-0.4, -0.2) is 24.7 Å². The summed E-state index contributed by atoms with van der Waals surface area (Å²) < 4.78 is 24.8. The summed E-state index contributed by atoms with van der Waals surface area (Å²) in [4.78, 5) is 12.7. The number of hydrogen-bond acceptors (Lipinski definition) is 3. The molecule has 0 spiro atoms. The smallest absolute Gasteiger partial charge is 0.252 e. The summed E-state index contributed by atoms with van der Waals surface area (Å²) in [6, 6.07) is 4.23. The third kappa shape index (κ3) is 2.82. The Labute approximate surface area is 130 Å². The fourth-order valence-corrected chi connectivity index (χ4v) is 3.46. The summed E-state index contributed by atoms with van der Waals surface area (Å²) >= 11 is 0. The van der Waals surface area contributed by atoms with Gasteiger partial charge in [-0.2, -0.15) is 0 Å². The maximum atomic E-state index is 13.5. The van der Waals surface area contributed by atoms with Crippen LogP contribution < -0.4 is 10.1 Å². The molecule has 0 bridgehead atoms. The van der Waals surface area contributed by atoms with Crippen molar-refractivity contribution >= 4 is 5.91 Å². The zero-order valence-corrected chi connectivity index (χ0v) is 12.9. The van der Waals surface area contributed by atoms with Crippen LogP contribution in [0.25, 0.3) is 0 Å². The summed E-state index contributed by atoms with van der Waals surface area (Å²) in [5, 5.41) is 3.06. The molecule has 4 nitrogen and oxygen atoms in total. The van der Waals surface area contributed by atoms with Crippen LogP contribution in [0, 0.1) is 5.82 Å². The van der Waals surface area contributed by atoms with Gasteiger partial charge in [-0.15, -0.1) is 0 Å². The van der Waals surface area contributed by atoms with Crippen LogP contribution in [0.15, 0.2) is 18.2 Å². The van der Waals surface area contributed by atoms with Crippen molar-refractivity contribution in [2.75, 3.05) is 13.2 Å². The highest BCUT2D eigenvalue weighted by atomic mass is 19.1. The minimum absolute atomic E-state index is 0.0750. The lowest BCUT2D eigenvalue weighted by Gasteiger charge is -2.32. The van der Waals surface area contributed by atoms with Crippen LogP contribution in [0.4, 0.5) is 4.39 Å². The van der Waals surface area contributed by atoms with E-state index in [1.807, 2.05) is 6.92 Å². The molecule has 1 saturated carbocycles. The number of amides is 1. The number of halogens is 1. The van der Waals surface area contributed by atoms with Crippen LogP contribution in [0.1, 0.15) is 50.6 Å². The van der Waals surface area contributed by atoms with Gasteiger partial charge in [-0.1, -0.05) is 0 Å². The minimum atomic E-state index is -0.708. The molecule has 1 aromatic carbocycles. The van der Waals surface area contributed by atoms with Crippen molar-refractivity contribution in [3.63, 3.8) is 0 Å². The molecule has 1 fully saturated rings. The van der Waals surface area contributed by atoms with E-state index in [1.54, 1.807) is 6.07 Å². The number of benzene rings is 1. The molecule has 1 aromatic rings. The van der Waals surface area contributed by atoms with E-state index in [1.165, 1.54) is 12.1 Å². The Morgan fingerprint density at radius 1 is 1.45 bits per heavy atom. The Hall–Kier alpha value is -1.62. The van der Waals surface area contributed by atoms with Gasteiger partial charge in [0.15, 0.2) is 0 Å². The van der Waals surface area contributed by atoms with Crippen molar-refractivity contribution in [2.24, 2.45) is 0 Å². The molecule has 3 rings (SSSR count). The molecule has 1 atom stereocenters. The molecule has 2 aliphatic rings. The summed E-state index contributed by atoms with van der Waals surface area (Å²) in [5.74, 6) is 0.257. The quantitative estimate of drug-likeness (QED) is 0.930. The molecular weight excluding hydrogens is 285 g/mol. The molecule has 1 unspecified atom stereocenters. The number of ether oxygens (including phenoxy) is 2. The molecule has 1 heterocycles. The van der Waals surface area contributed by atoms with E-state index in [0.29, 0.717) is 30.9 Å². The lowest BCUT2D eigenvalue weighted by molar-refractivity contribution is -0.147. The molecule has 22 heavy (non-hydrogen) atoms. The maximum absolute atomic E-state index is 13.5. The Balaban J connectivity index is 1.79. The van der Waals surface area contributed by atoms with Gasteiger partial charge in [-0.25, -0.2) is 4.39 Å². The van der Waals surface area contributed by atoms with E-state index < -0.39 is 5.60 Å². The maximum Gasteiger partial charge on any atom is 0.252 e. The number of fused-ring (bicyclic) bond motifs is 1. The van der Waals surface area contributed by atoms with Crippen molar-refractivity contribution in [3.05, 3.63) is 29.6 Å². The molecule has 0 aromatic heterocycles. The Kier molecular flexibility index (Phi) is 4.34. The summed E-state index contributed by atoms with van der Waals surface area (Å²) in [6.07, 6.45) is 4.17. The molecule has 1 aliphatic heterocycles. The number of nitrogens with one attached hydrogen (secondary N) is 1. The Morgan fingerprint density at radius 2 is 2.23 bits per heavy atom. The van der Waals surface area contributed by atoms with Crippen LogP contribution >= 0.6 is 0 Å². The molecule has 5 heteroatoms. The highest BCUT2D eigenvalue weighted by Crippen LogP contribution is 2.36.